The van der Waals surface area contributed by atoms with Gasteiger partial charge in [-0.05, 0) is 92.6 Å². The smallest absolute Gasteiger partial charge is 0.335 e. The molecular formula is C30H41NO6Si. The van der Waals surface area contributed by atoms with E-state index < -0.39 is 19.9 Å². The highest BCUT2D eigenvalue weighted by atomic mass is 28.4. The average Bonchev–Trinajstić information content (AvgIpc) is 3.63. The maximum absolute atomic E-state index is 12.1. The number of aromatic carboxylic acids is 1. The Morgan fingerprint density at radius 2 is 1.66 bits per heavy atom. The van der Waals surface area contributed by atoms with E-state index in [0.717, 1.165) is 31.5 Å². The summed E-state index contributed by atoms with van der Waals surface area (Å²) in [6.07, 6.45) is 5.11. The van der Waals surface area contributed by atoms with Crippen LogP contribution in [0.3, 0.4) is 0 Å². The summed E-state index contributed by atoms with van der Waals surface area (Å²) in [4.78, 5) is 25.8. The van der Waals surface area contributed by atoms with Gasteiger partial charge < -0.3 is 23.9 Å². The van der Waals surface area contributed by atoms with Gasteiger partial charge in [-0.1, -0.05) is 20.8 Å². The van der Waals surface area contributed by atoms with Crippen LogP contribution in [0.15, 0.2) is 42.5 Å². The minimum atomic E-state index is -1.95. The van der Waals surface area contributed by atoms with E-state index >= 15 is 0 Å². The Bertz CT molecular complexity index is 1160. The lowest BCUT2D eigenvalue weighted by molar-refractivity contribution is -0.116. The van der Waals surface area contributed by atoms with Gasteiger partial charge in [-0.15, -0.1) is 0 Å². The maximum Gasteiger partial charge on any atom is 0.335 e. The van der Waals surface area contributed by atoms with E-state index in [-0.39, 0.29) is 16.5 Å². The quantitative estimate of drug-likeness (QED) is 0.302. The molecule has 0 atom stereocenters. The molecule has 0 spiro atoms. The lowest BCUT2D eigenvalue weighted by atomic mass is 9.80. The number of anilines is 1. The van der Waals surface area contributed by atoms with Gasteiger partial charge in [0.05, 0.1) is 12.2 Å². The Morgan fingerprint density at radius 3 is 2.16 bits per heavy atom. The number of carbonyl (C=O) groups excluding carboxylic acids is 1. The normalized spacial score (nSPS) is 16.9. The number of ether oxygens (including phenoxy) is 2. The number of carbonyl (C=O) groups is 2. The first kappa shape index (κ1) is 28.2. The van der Waals surface area contributed by atoms with Crippen LogP contribution in [-0.4, -0.2) is 44.1 Å². The molecule has 1 amide bonds. The largest absolute Gasteiger partial charge is 0.485 e. The van der Waals surface area contributed by atoms with Gasteiger partial charge in [0.15, 0.2) is 8.32 Å². The Balaban J connectivity index is 1.50. The summed E-state index contributed by atoms with van der Waals surface area (Å²) >= 11 is 0. The summed E-state index contributed by atoms with van der Waals surface area (Å²) in [5, 5.41) is 9.82. The zero-order valence-electron chi connectivity index (χ0n) is 23.5. The molecule has 2 aromatic carbocycles. The Kier molecular flexibility index (Phi) is 7.96. The second-order valence-corrected chi connectivity index (χ2v) is 17.2. The van der Waals surface area contributed by atoms with Crippen LogP contribution in [0.25, 0.3) is 0 Å². The molecule has 8 heteroatoms. The maximum atomic E-state index is 12.1. The van der Waals surface area contributed by atoms with Crippen molar-refractivity contribution in [2.75, 3.05) is 18.1 Å². The Morgan fingerprint density at radius 1 is 1.03 bits per heavy atom. The molecule has 2 aliphatic rings. The van der Waals surface area contributed by atoms with Crippen molar-refractivity contribution in [1.82, 2.24) is 0 Å². The monoisotopic (exact) mass is 539 g/mol. The summed E-state index contributed by atoms with van der Waals surface area (Å²) < 4.78 is 19.0. The van der Waals surface area contributed by atoms with Crippen LogP contribution in [0.2, 0.25) is 18.1 Å². The third-order valence-electron chi connectivity index (χ3n) is 8.13. The molecule has 2 aromatic rings. The van der Waals surface area contributed by atoms with E-state index in [0.29, 0.717) is 29.8 Å². The predicted molar refractivity (Wildman–Crippen MR) is 151 cm³/mol. The number of hydrogen-bond donors (Lipinski definition) is 1. The van der Waals surface area contributed by atoms with Gasteiger partial charge in [-0.2, -0.15) is 0 Å². The van der Waals surface area contributed by atoms with Gasteiger partial charge in [0, 0.05) is 25.2 Å². The van der Waals surface area contributed by atoms with Crippen molar-refractivity contribution in [3.05, 3.63) is 48.0 Å². The number of carboxylic acids is 1. The topological polar surface area (TPSA) is 85.3 Å². The Hall–Kier alpha value is -2.84. The molecule has 1 N–H and O–H groups in total. The zero-order valence-corrected chi connectivity index (χ0v) is 24.5. The fourth-order valence-corrected chi connectivity index (χ4v) is 5.30. The van der Waals surface area contributed by atoms with Crippen molar-refractivity contribution in [2.45, 2.75) is 83.5 Å². The van der Waals surface area contributed by atoms with E-state index in [2.05, 4.69) is 33.9 Å². The molecule has 38 heavy (non-hydrogen) atoms. The van der Waals surface area contributed by atoms with Crippen LogP contribution in [0, 0.1) is 5.92 Å². The van der Waals surface area contributed by atoms with Crippen LogP contribution >= 0.6 is 0 Å². The first-order valence-corrected chi connectivity index (χ1v) is 16.5. The zero-order chi connectivity index (χ0) is 27.7. The molecular weight excluding hydrogens is 498 g/mol. The molecule has 4 rings (SSSR count). The first-order valence-electron chi connectivity index (χ1n) is 13.5. The number of hydrogen-bond acceptors (Lipinski definition) is 5. The summed E-state index contributed by atoms with van der Waals surface area (Å²) in [5.41, 5.74) is 0.471. The first-order chi connectivity index (χ1) is 17.8. The third-order valence-corrected chi connectivity index (χ3v) is 12.6. The molecule has 2 fully saturated rings. The third kappa shape index (κ3) is 6.77. The number of amides is 1. The molecule has 0 heterocycles. The fraction of sp³-hybridized carbons (Fsp3) is 0.533. The van der Waals surface area contributed by atoms with Crippen molar-refractivity contribution < 1.29 is 28.6 Å². The number of rotatable bonds is 11. The van der Waals surface area contributed by atoms with Crippen molar-refractivity contribution >= 4 is 25.9 Å². The van der Waals surface area contributed by atoms with E-state index in [1.54, 1.807) is 36.1 Å². The van der Waals surface area contributed by atoms with Crippen LogP contribution in [-0.2, 0) is 9.22 Å². The molecule has 2 aliphatic carbocycles. The van der Waals surface area contributed by atoms with E-state index in [1.807, 2.05) is 12.1 Å². The molecule has 0 aromatic heterocycles. The van der Waals surface area contributed by atoms with Crippen LogP contribution in [0.1, 0.15) is 70.2 Å². The van der Waals surface area contributed by atoms with Crippen molar-refractivity contribution in [1.29, 1.82) is 0 Å². The molecule has 7 nitrogen and oxygen atoms in total. The van der Waals surface area contributed by atoms with E-state index in [4.69, 9.17) is 13.9 Å². The highest BCUT2D eigenvalue weighted by molar-refractivity contribution is 6.74. The van der Waals surface area contributed by atoms with Gasteiger partial charge in [0.2, 0.25) is 5.91 Å². The van der Waals surface area contributed by atoms with Gasteiger partial charge in [0.25, 0.3) is 0 Å². The van der Waals surface area contributed by atoms with Gasteiger partial charge in [-0.3, -0.25) is 4.79 Å². The van der Waals surface area contributed by atoms with Crippen LogP contribution in [0.4, 0.5) is 5.69 Å². The van der Waals surface area contributed by atoms with Gasteiger partial charge in [-0.25, -0.2) is 4.79 Å². The fourth-order valence-electron chi connectivity index (χ4n) is 4.24. The van der Waals surface area contributed by atoms with Crippen molar-refractivity contribution in [3.8, 4) is 17.2 Å². The predicted octanol–water partition coefficient (Wildman–Crippen LogP) is 7.26. The number of benzene rings is 2. The van der Waals surface area contributed by atoms with Crippen LogP contribution in [0.5, 0.6) is 17.2 Å². The number of carboxylic acid groups (broad SMARTS) is 1. The van der Waals surface area contributed by atoms with Crippen molar-refractivity contribution in [2.24, 2.45) is 5.92 Å². The summed E-state index contributed by atoms with van der Waals surface area (Å²) in [5.74, 6) is 0.947. The number of nitrogens with zero attached hydrogens (tertiary/aromatic N) is 1. The van der Waals surface area contributed by atoms with E-state index in [9.17, 15) is 14.7 Å². The van der Waals surface area contributed by atoms with E-state index in [1.165, 1.54) is 18.9 Å². The standard InChI is InChI=1S/C30H41NO6Si/c1-21(32)31(19-22-8-9-22)24-10-12-25(13-11-24)36-26-16-23(28(33)34)17-27(18-26)37-30(14-7-15-30)20-35-38(5,6)29(2,3)4/h10-13,16-18,22H,7-9,14-15,19-20H2,1-6H3,(H,33,34). The molecule has 0 saturated heterocycles. The minimum absolute atomic E-state index is 0.0176. The minimum Gasteiger partial charge on any atom is -0.485 e. The molecule has 0 radical (unpaired) electrons. The summed E-state index contributed by atoms with van der Waals surface area (Å²) in [6.45, 7) is 13.9. The van der Waals surface area contributed by atoms with Gasteiger partial charge >= 0.3 is 5.97 Å². The second-order valence-electron chi connectivity index (χ2n) is 12.4. The molecule has 0 aliphatic heterocycles. The SMILES string of the molecule is CC(=O)N(CC1CC1)c1ccc(Oc2cc(OC3(CO[Si](C)(C)C(C)(C)C)CCC3)cc(C(=O)O)c2)cc1. The van der Waals surface area contributed by atoms with Crippen LogP contribution < -0.4 is 14.4 Å². The highest BCUT2D eigenvalue weighted by Gasteiger charge is 2.44. The molecule has 0 bridgehead atoms. The summed E-state index contributed by atoms with van der Waals surface area (Å²) in [6, 6.07) is 12.1. The van der Waals surface area contributed by atoms with Gasteiger partial charge in [0.1, 0.15) is 22.8 Å². The lowest BCUT2D eigenvalue weighted by Crippen LogP contribution is -2.52. The molecule has 0 unspecified atom stereocenters. The molecule has 2 saturated carbocycles. The highest BCUT2D eigenvalue weighted by Crippen LogP contribution is 2.42. The second kappa shape index (κ2) is 10.7. The average molecular weight is 540 g/mol. The Labute approximate surface area is 227 Å². The molecule has 206 valence electrons. The lowest BCUT2D eigenvalue weighted by Gasteiger charge is -2.45. The summed E-state index contributed by atoms with van der Waals surface area (Å²) in [7, 11) is -1.95. The van der Waals surface area contributed by atoms with Crippen molar-refractivity contribution in [3.63, 3.8) is 0 Å².